The average molecular weight is 249 g/mol. The number of ketones is 1. The first kappa shape index (κ1) is 12.2. The highest BCUT2D eigenvalue weighted by molar-refractivity contribution is 5.96. The number of halogens is 2. The molecule has 0 aliphatic rings. The maximum Gasteiger partial charge on any atom is 0.188 e. The molecule has 1 aromatic carbocycles. The van der Waals surface area contributed by atoms with Gasteiger partial charge in [-0.2, -0.15) is 0 Å². The van der Waals surface area contributed by atoms with Gasteiger partial charge in [0.15, 0.2) is 11.2 Å². The first-order chi connectivity index (χ1) is 8.58. The lowest BCUT2D eigenvalue weighted by molar-refractivity contribution is 0.0963. The number of carbonyl (C=O) groups excluding carboxylic acids is 1. The number of aromatic nitrogens is 1. The molecule has 0 radical (unpaired) electrons. The van der Waals surface area contributed by atoms with Crippen molar-refractivity contribution in [1.82, 2.24) is 4.57 Å². The minimum Gasteiger partial charge on any atom is -0.346 e. The highest BCUT2D eigenvalue weighted by Gasteiger charge is 2.16. The zero-order valence-electron chi connectivity index (χ0n) is 9.27. The molecule has 1 aromatic heterocycles. The highest BCUT2D eigenvalue weighted by atomic mass is 19.1. The standard InChI is InChI=1S/C13H9F2NO2/c14-10-2-1-3-11(15)13(10)12(18)8-16-6-4-9(17)5-7-16/h1-7H,8H2. The lowest BCUT2D eigenvalue weighted by Crippen LogP contribution is -2.15. The second-order valence-electron chi connectivity index (χ2n) is 3.73. The minimum absolute atomic E-state index is 0.198. The third-order valence-corrected chi connectivity index (χ3v) is 2.43. The molecule has 3 nitrogen and oxygen atoms in total. The number of pyridine rings is 1. The van der Waals surface area contributed by atoms with Crippen molar-refractivity contribution in [3.63, 3.8) is 0 Å². The first-order valence-corrected chi connectivity index (χ1v) is 5.21. The van der Waals surface area contributed by atoms with Crippen LogP contribution in [0.5, 0.6) is 0 Å². The fourth-order valence-electron chi connectivity index (χ4n) is 1.56. The Bertz CT molecular complexity index is 609. The van der Waals surface area contributed by atoms with Gasteiger partial charge in [0.25, 0.3) is 0 Å². The van der Waals surface area contributed by atoms with Crippen LogP contribution in [-0.2, 0) is 6.54 Å². The van der Waals surface area contributed by atoms with Crippen molar-refractivity contribution >= 4 is 5.78 Å². The highest BCUT2D eigenvalue weighted by Crippen LogP contribution is 2.13. The van der Waals surface area contributed by atoms with E-state index in [0.29, 0.717) is 0 Å². The molecule has 0 unspecified atom stereocenters. The molecule has 0 saturated heterocycles. The molecule has 0 N–H and O–H groups in total. The quantitative estimate of drug-likeness (QED) is 0.780. The molecule has 18 heavy (non-hydrogen) atoms. The smallest absolute Gasteiger partial charge is 0.188 e. The Morgan fingerprint density at radius 1 is 1.06 bits per heavy atom. The molecular weight excluding hydrogens is 240 g/mol. The summed E-state index contributed by atoms with van der Waals surface area (Å²) in [5.41, 5.74) is -0.757. The maximum absolute atomic E-state index is 13.3. The summed E-state index contributed by atoms with van der Waals surface area (Å²) >= 11 is 0. The number of rotatable bonds is 3. The van der Waals surface area contributed by atoms with E-state index < -0.39 is 23.0 Å². The van der Waals surface area contributed by atoms with Gasteiger partial charge >= 0.3 is 0 Å². The van der Waals surface area contributed by atoms with Crippen LogP contribution in [-0.4, -0.2) is 10.4 Å². The number of hydrogen-bond acceptors (Lipinski definition) is 2. The van der Waals surface area contributed by atoms with Gasteiger partial charge in [0.2, 0.25) is 0 Å². The second-order valence-corrected chi connectivity index (χ2v) is 3.73. The molecule has 1 heterocycles. The molecular formula is C13H9F2NO2. The molecule has 0 spiro atoms. The van der Waals surface area contributed by atoms with Gasteiger partial charge in [-0.05, 0) is 12.1 Å². The van der Waals surface area contributed by atoms with E-state index in [2.05, 4.69) is 0 Å². The molecule has 0 saturated carbocycles. The monoisotopic (exact) mass is 249 g/mol. The summed E-state index contributed by atoms with van der Waals surface area (Å²) in [6.07, 6.45) is 2.78. The van der Waals surface area contributed by atoms with Crippen molar-refractivity contribution in [2.24, 2.45) is 0 Å². The zero-order chi connectivity index (χ0) is 13.1. The Balaban J connectivity index is 2.27. The van der Waals surface area contributed by atoms with Crippen LogP contribution in [0.4, 0.5) is 8.78 Å². The molecule has 0 aliphatic heterocycles. The Hall–Kier alpha value is -2.30. The van der Waals surface area contributed by atoms with Crippen molar-refractivity contribution < 1.29 is 13.6 Å². The summed E-state index contributed by atoms with van der Waals surface area (Å²) in [6, 6.07) is 5.79. The van der Waals surface area contributed by atoms with Crippen molar-refractivity contribution in [2.75, 3.05) is 0 Å². The Morgan fingerprint density at radius 3 is 2.17 bits per heavy atom. The number of nitrogens with zero attached hydrogens (tertiary/aromatic N) is 1. The molecule has 0 atom stereocenters. The average Bonchev–Trinajstić information content (AvgIpc) is 2.32. The number of hydrogen-bond donors (Lipinski definition) is 0. The minimum atomic E-state index is -0.888. The lowest BCUT2D eigenvalue weighted by Gasteiger charge is -2.06. The molecule has 0 amide bonds. The Labute approximate surface area is 101 Å². The molecule has 2 rings (SSSR count). The van der Waals surface area contributed by atoms with E-state index in [1.54, 1.807) is 0 Å². The predicted molar refractivity (Wildman–Crippen MR) is 61.4 cm³/mol. The van der Waals surface area contributed by atoms with Crippen molar-refractivity contribution in [1.29, 1.82) is 0 Å². The van der Waals surface area contributed by atoms with Gasteiger partial charge in [-0.25, -0.2) is 8.78 Å². The summed E-state index contributed by atoms with van der Waals surface area (Å²) in [7, 11) is 0. The van der Waals surface area contributed by atoms with Gasteiger partial charge < -0.3 is 4.57 Å². The van der Waals surface area contributed by atoms with E-state index in [9.17, 15) is 18.4 Å². The number of benzene rings is 1. The third kappa shape index (κ3) is 2.51. The van der Waals surface area contributed by atoms with Gasteiger partial charge in [-0.15, -0.1) is 0 Å². The fraction of sp³-hybridized carbons (Fsp3) is 0.0769. The Morgan fingerprint density at radius 2 is 1.61 bits per heavy atom. The summed E-state index contributed by atoms with van der Waals surface area (Å²) in [4.78, 5) is 22.6. The van der Waals surface area contributed by atoms with E-state index in [-0.39, 0.29) is 12.0 Å². The lowest BCUT2D eigenvalue weighted by atomic mass is 10.1. The molecule has 2 aromatic rings. The van der Waals surface area contributed by atoms with E-state index in [4.69, 9.17) is 0 Å². The number of carbonyl (C=O) groups is 1. The molecule has 0 fully saturated rings. The molecule has 5 heteroatoms. The normalized spacial score (nSPS) is 10.3. The molecule has 0 aliphatic carbocycles. The summed E-state index contributed by atoms with van der Waals surface area (Å²) in [5.74, 6) is -2.46. The number of Topliss-reactive ketones (excluding diaryl/α,β-unsaturated/α-hetero) is 1. The van der Waals surface area contributed by atoms with Gasteiger partial charge in [0.1, 0.15) is 11.6 Å². The van der Waals surface area contributed by atoms with Crippen LogP contribution in [0.2, 0.25) is 0 Å². The van der Waals surface area contributed by atoms with E-state index in [1.807, 2.05) is 0 Å². The van der Waals surface area contributed by atoms with Gasteiger partial charge in [0, 0.05) is 24.5 Å². The molecule has 92 valence electrons. The van der Waals surface area contributed by atoms with Crippen LogP contribution in [0.1, 0.15) is 10.4 Å². The fourth-order valence-corrected chi connectivity index (χ4v) is 1.56. The zero-order valence-corrected chi connectivity index (χ0v) is 9.27. The van der Waals surface area contributed by atoms with Crippen molar-refractivity contribution in [2.45, 2.75) is 6.54 Å². The van der Waals surface area contributed by atoms with Crippen LogP contribution in [0.3, 0.4) is 0 Å². The summed E-state index contributed by atoms with van der Waals surface area (Å²) in [5, 5.41) is 0. The van der Waals surface area contributed by atoms with Crippen LogP contribution in [0.15, 0.2) is 47.5 Å². The largest absolute Gasteiger partial charge is 0.346 e. The van der Waals surface area contributed by atoms with Crippen LogP contribution in [0.25, 0.3) is 0 Å². The van der Waals surface area contributed by atoms with Crippen LogP contribution < -0.4 is 5.43 Å². The van der Waals surface area contributed by atoms with E-state index in [1.165, 1.54) is 35.2 Å². The van der Waals surface area contributed by atoms with Crippen LogP contribution in [0, 0.1) is 11.6 Å². The van der Waals surface area contributed by atoms with Crippen LogP contribution >= 0.6 is 0 Å². The van der Waals surface area contributed by atoms with Gasteiger partial charge in [-0.3, -0.25) is 9.59 Å². The van der Waals surface area contributed by atoms with E-state index >= 15 is 0 Å². The second kappa shape index (κ2) is 4.91. The van der Waals surface area contributed by atoms with Crippen molar-refractivity contribution in [3.8, 4) is 0 Å². The molecule has 0 bridgehead atoms. The Kier molecular flexibility index (Phi) is 3.32. The summed E-state index contributed by atoms with van der Waals surface area (Å²) < 4.78 is 28.1. The predicted octanol–water partition coefficient (Wildman–Crippen LogP) is 2.01. The van der Waals surface area contributed by atoms with Gasteiger partial charge in [-0.1, -0.05) is 6.07 Å². The SMILES string of the molecule is O=C(Cn1ccc(=O)cc1)c1c(F)cccc1F. The van der Waals surface area contributed by atoms with Crippen molar-refractivity contribution in [3.05, 3.63) is 70.1 Å². The maximum atomic E-state index is 13.3. The topological polar surface area (TPSA) is 39.1 Å². The third-order valence-electron chi connectivity index (χ3n) is 2.43. The summed E-state index contributed by atoms with van der Waals surface area (Å²) in [6.45, 7) is -0.224. The van der Waals surface area contributed by atoms with E-state index in [0.717, 1.165) is 12.1 Å². The first-order valence-electron chi connectivity index (χ1n) is 5.21. The van der Waals surface area contributed by atoms with Gasteiger partial charge in [0.05, 0.1) is 12.1 Å².